The second-order valence-corrected chi connectivity index (χ2v) is 10.3. The third kappa shape index (κ3) is 5.46. The number of methoxy groups -OCH3 is 1. The van der Waals surface area contributed by atoms with Crippen molar-refractivity contribution in [2.75, 3.05) is 26.9 Å². The maximum atomic E-state index is 13.0. The Morgan fingerprint density at radius 3 is 2.45 bits per heavy atom. The zero-order valence-corrected chi connectivity index (χ0v) is 22.3. The summed E-state index contributed by atoms with van der Waals surface area (Å²) in [5, 5.41) is 81.5. The van der Waals surface area contributed by atoms with Crippen LogP contribution in [0.2, 0.25) is 0 Å². The van der Waals surface area contributed by atoms with Crippen molar-refractivity contribution in [2.24, 2.45) is 0 Å². The monoisotopic (exact) mass is 596 g/mol. The molecule has 0 aliphatic carbocycles. The number of ether oxygens (including phenoxy) is 6. The van der Waals surface area contributed by atoms with Crippen LogP contribution in [0, 0.1) is 0 Å². The molecule has 0 unspecified atom stereocenters. The van der Waals surface area contributed by atoms with Gasteiger partial charge in [-0.15, -0.1) is 0 Å². The molecule has 3 heterocycles. The Labute approximate surface area is 238 Å². The number of phenols is 2. The fourth-order valence-corrected chi connectivity index (χ4v) is 5.06. The number of phenolic OH excluding ortho intramolecular Hbond substituents is 2. The van der Waals surface area contributed by atoms with Gasteiger partial charge in [-0.3, -0.25) is 4.79 Å². The number of hydrogen-bond acceptors (Lipinski definition) is 15. The van der Waals surface area contributed by atoms with Crippen molar-refractivity contribution in [2.45, 2.75) is 61.2 Å². The van der Waals surface area contributed by atoms with Gasteiger partial charge in [0.05, 0.1) is 33.4 Å². The quantitative estimate of drug-likeness (QED) is 0.172. The number of hydrogen-bond donors (Lipinski definition) is 8. The molecule has 2 aromatic rings. The SMILES string of the molecule is COc1cc([C@H]2CC(=O)c3c(O)cc(O[C@H]4O[C@@H](CO)[C@H](O)[C@@H](O)[C@@H]4O[C@H]4OC[C@](O)(CO)[C@@H]4O)cc3O2)ccc1O. The molecule has 3 aliphatic rings. The molecule has 2 fully saturated rings. The molecule has 0 radical (unpaired) electrons. The smallest absolute Gasteiger partial charge is 0.229 e. The molecule has 15 heteroatoms. The van der Waals surface area contributed by atoms with Crippen molar-refractivity contribution >= 4 is 5.78 Å². The molecule has 0 aromatic heterocycles. The van der Waals surface area contributed by atoms with Crippen LogP contribution in [0.25, 0.3) is 0 Å². The van der Waals surface area contributed by atoms with Crippen molar-refractivity contribution in [1.29, 1.82) is 0 Å². The minimum atomic E-state index is -2.04. The first kappa shape index (κ1) is 30.2. The number of carbonyl (C=O) groups is 1. The highest BCUT2D eigenvalue weighted by Crippen LogP contribution is 2.44. The molecule has 2 aromatic carbocycles. The average Bonchev–Trinajstić information content (AvgIpc) is 3.25. The van der Waals surface area contributed by atoms with Gasteiger partial charge >= 0.3 is 0 Å². The molecule has 2 saturated heterocycles. The van der Waals surface area contributed by atoms with E-state index in [1.807, 2.05) is 0 Å². The van der Waals surface area contributed by atoms with Crippen molar-refractivity contribution in [3.63, 3.8) is 0 Å². The van der Waals surface area contributed by atoms with Crippen LogP contribution in [-0.4, -0.2) is 122 Å². The first-order valence-electron chi connectivity index (χ1n) is 13.0. The number of aliphatic hydroxyl groups is 6. The molecule has 9 atom stereocenters. The number of rotatable bonds is 8. The highest BCUT2D eigenvalue weighted by molar-refractivity contribution is 6.02. The Morgan fingerprint density at radius 2 is 1.79 bits per heavy atom. The summed E-state index contributed by atoms with van der Waals surface area (Å²) in [4.78, 5) is 13.0. The molecule has 42 heavy (non-hydrogen) atoms. The predicted octanol–water partition coefficient (Wildman–Crippen LogP) is -1.54. The van der Waals surface area contributed by atoms with Gasteiger partial charge in [0, 0.05) is 12.1 Å². The van der Waals surface area contributed by atoms with Crippen LogP contribution in [0.15, 0.2) is 30.3 Å². The topological polar surface area (TPSA) is 234 Å². The molecule has 230 valence electrons. The van der Waals surface area contributed by atoms with E-state index in [0.717, 1.165) is 6.07 Å². The standard InChI is InChI=1S/C27H32O15/c1-37-17-4-11(2-3-13(17)30)16-7-15(32)20-14(31)5-12(6-18(20)40-16)39-25-23(22(34)21(33)19(8-28)41-25)42-26-24(35)27(36,9-29)10-38-26/h2-6,16,19,21-26,28-31,33-36H,7-10H2,1H3/t16-,19+,21+,22-,23+,24-,25+,26-,27-/m1/s1. The molecule has 15 nitrogen and oxygen atoms in total. The van der Waals surface area contributed by atoms with Crippen LogP contribution in [0.4, 0.5) is 0 Å². The van der Waals surface area contributed by atoms with Gasteiger partial charge < -0.3 is 69.3 Å². The number of benzene rings is 2. The van der Waals surface area contributed by atoms with Gasteiger partial charge in [0.1, 0.15) is 58.9 Å². The Morgan fingerprint density at radius 1 is 1.02 bits per heavy atom. The molecule has 3 aliphatic heterocycles. The third-order valence-corrected chi connectivity index (χ3v) is 7.50. The average molecular weight is 597 g/mol. The first-order chi connectivity index (χ1) is 20.0. The zero-order chi connectivity index (χ0) is 30.3. The van der Waals surface area contributed by atoms with Gasteiger partial charge in [0.15, 0.2) is 29.7 Å². The van der Waals surface area contributed by atoms with E-state index in [1.54, 1.807) is 6.07 Å². The van der Waals surface area contributed by atoms with Gasteiger partial charge in [-0.25, -0.2) is 0 Å². The lowest BCUT2D eigenvalue weighted by atomic mass is 9.95. The lowest BCUT2D eigenvalue weighted by Crippen LogP contribution is -2.62. The Balaban J connectivity index is 1.41. The van der Waals surface area contributed by atoms with Crippen LogP contribution in [0.1, 0.15) is 28.4 Å². The molecule has 5 rings (SSSR count). The fraction of sp³-hybridized carbons (Fsp3) is 0.519. The van der Waals surface area contributed by atoms with Crippen molar-refractivity contribution in [1.82, 2.24) is 0 Å². The Bertz CT molecular complexity index is 1300. The third-order valence-electron chi connectivity index (χ3n) is 7.50. The second-order valence-electron chi connectivity index (χ2n) is 10.3. The molecule has 0 saturated carbocycles. The van der Waals surface area contributed by atoms with Gasteiger partial charge in [0.25, 0.3) is 0 Å². The first-order valence-corrected chi connectivity index (χ1v) is 13.0. The second kappa shape index (κ2) is 11.8. The van der Waals surface area contributed by atoms with E-state index in [4.69, 9.17) is 28.4 Å². The van der Waals surface area contributed by atoms with Crippen LogP contribution in [-0.2, 0) is 14.2 Å². The van der Waals surface area contributed by atoms with E-state index in [0.29, 0.717) is 5.56 Å². The summed E-state index contributed by atoms with van der Waals surface area (Å²) in [7, 11) is 1.37. The van der Waals surface area contributed by atoms with E-state index >= 15 is 0 Å². The normalized spacial score (nSPS) is 34.5. The minimum absolute atomic E-state index is 0.0478. The van der Waals surface area contributed by atoms with Gasteiger partial charge in [-0.1, -0.05) is 6.07 Å². The Kier molecular flexibility index (Phi) is 8.48. The molecule has 0 spiro atoms. The van der Waals surface area contributed by atoms with E-state index in [1.165, 1.54) is 25.3 Å². The number of aliphatic hydroxyl groups excluding tert-OH is 5. The Hall–Kier alpha value is -3.25. The largest absolute Gasteiger partial charge is 0.507 e. The van der Waals surface area contributed by atoms with E-state index in [-0.39, 0.29) is 35.0 Å². The summed E-state index contributed by atoms with van der Waals surface area (Å²) in [5.41, 5.74) is -1.63. The maximum absolute atomic E-state index is 13.0. The lowest BCUT2D eigenvalue weighted by molar-refractivity contribution is -0.318. The molecular formula is C27H32O15. The van der Waals surface area contributed by atoms with E-state index in [9.17, 15) is 45.6 Å². The summed E-state index contributed by atoms with van der Waals surface area (Å²) >= 11 is 0. The number of Topliss-reactive ketones (excluding diaryl/α,β-unsaturated/α-hetero) is 1. The summed E-state index contributed by atoms with van der Waals surface area (Å²) in [6.45, 7) is -2.06. The number of ketones is 1. The summed E-state index contributed by atoms with van der Waals surface area (Å²) in [6, 6.07) is 6.83. The molecule has 8 N–H and O–H groups in total. The van der Waals surface area contributed by atoms with Gasteiger partial charge in [0.2, 0.25) is 6.29 Å². The maximum Gasteiger partial charge on any atom is 0.229 e. The van der Waals surface area contributed by atoms with Crippen LogP contribution >= 0.6 is 0 Å². The van der Waals surface area contributed by atoms with E-state index in [2.05, 4.69) is 0 Å². The zero-order valence-electron chi connectivity index (χ0n) is 22.3. The molecular weight excluding hydrogens is 564 g/mol. The number of fused-ring (bicyclic) bond motifs is 1. The molecule has 0 bridgehead atoms. The summed E-state index contributed by atoms with van der Waals surface area (Å²) in [6.07, 6.45) is -12.2. The fourth-order valence-electron chi connectivity index (χ4n) is 5.06. The van der Waals surface area contributed by atoms with Crippen molar-refractivity contribution in [3.8, 4) is 28.7 Å². The van der Waals surface area contributed by atoms with Crippen LogP contribution in [0.3, 0.4) is 0 Å². The number of carbonyl (C=O) groups excluding carboxylic acids is 1. The minimum Gasteiger partial charge on any atom is -0.507 e. The van der Waals surface area contributed by atoms with E-state index < -0.39 is 86.2 Å². The van der Waals surface area contributed by atoms with Crippen molar-refractivity contribution in [3.05, 3.63) is 41.5 Å². The predicted molar refractivity (Wildman–Crippen MR) is 136 cm³/mol. The van der Waals surface area contributed by atoms with Gasteiger partial charge in [-0.2, -0.15) is 0 Å². The van der Waals surface area contributed by atoms with Crippen LogP contribution in [0.5, 0.6) is 28.7 Å². The summed E-state index contributed by atoms with van der Waals surface area (Å²) < 4.78 is 33.4. The highest BCUT2D eigenvalue weighted by Gasteiger charge is 2.53. The van der Waals surface area contributed by atoms with Gasteiger partial charge in [-0.05, 0) is 17.7 Å². The lowest BCUT2D eigenvalue weighted by Gasteiger charge is -2.42. The highest BCUT2D eigenvalue weighted by atomic mass is 16.8. The number of aromatic hydroxyl groups is 2. The van der Waals surface area contributed by atoms with Crippen molar-refractivity contribution < 1.29 is 74.1 Å². The van der Waals surface area contributed by atoms with Crippen LogP contribution < -0.4 is 14.2 Å². The molecule has 0 amide bonds. The summed E-state index contributed by atoms with van der Waals surface area (Å²) in [5.74, 6) is -1.02.